The summed E-state index contributed by atoms with van der Waals surface area (Å²) in [5, 5.41) is 0. The van der Waals surface area contributed by atoms with E-state index >= 15 is 0 Å². The lowest BCUT2D eigenvalue weighted by molar-refractivity contribution is -0.120. The van der Waals surface area contributed by atoms with E-state index in [4.69, 9.17) is 0 Å². The second-order valence-corrected chi connectivity index (χ2v) is 8.78. The van der Waals surface area contributed by atoms with Crippen LogP contribution in [0.15, 0.2) is 78.5 Å². The van der Waals surface area contributed by atoms with Gasteiger partial charge in [0.25, 0.3) is 11.8 Å². The predicted molar refractivity (Wildman–Crippen MR) is 132 cm³/mol. The van der Waals surface area contributed by atoms with E-state index in [-0.39, 0.29) is 17.6 Å². The molecule has 0 atom stereocenters. The number of benzene rings is 3. The van der Waals surface area contributed by atoms with Crippen LogP contribution in [0.2, 0.25) is 0 Å². The first kappa shape index (κ1) is 21.9. The van der Waals surface area contributed by atoms with E-state index in [2.05, 4.69) is 17.0 Å². The van der Waals surface area contributed by atoms with Crippen molar-refractivity contribution in [2.24, 2.45) is 0 Å². The highest BCUT2D eigenvalue weighted by atomic mass is 19.1. The minimum atomic E-state index is -0.384. The molecule has 5 nitrogen and oxygen atoms in total. The molecule has 2 aliphatic rings. The smallest absolute Gasteiger partial charge is 0.282 e. The first-order valence-electron chi connectivity index (χ1n) is 11.5. The van der Waals surface area contributed by atoms with Crippen LogP contribution in [0.5, 0.6) is 0 Å². The van der Waals surface area contributed by atoms with Gasteiger partial charge in [0.1, 0.15) is 11.5 Å². The third kappa shape index (κ3) is 3.85. The van der Waals surface area contributed by atoms with E-state index in [0.717, 1.165) is 29.9 Å². The van der Waals surface area contributed by atoms with Gasteiger partial charge in [-0.3, -0.25) is 9.59 Å². The quantitative estimate of drug-likeness (QED) is 0.542. The Hall–Kier alpha value is -3.93. The van der Waals surface area contributed by atoms with Gasteiger partial charge in [0.2, 0.25) is 0 Å². The highest BCUT2D eigenvalue weighted by Gasteiger charge is 2.43. The van der Waals surface area contributed by atoms with Gasteiger partial charge >= 0.3 is 0 Å². The number of carbonyl (C=O) groups is 2. The molecular formula is C28H26FN3O2. The molecule has 0 radical (unpaired) electrons. The fourth-order valence-corrected chi connectivity index (χ4v) is 4.79. The van der Waals surface area contributed by atoms with Crippen molar-refractivity contribution >= 4 is 28.8 Å². The minimum Gasteiger partial charge on any atom is -0.368 e. The van der Waals surface area contributed by atoms with Crippen LogP contribution < -0.4 is 9.80 Å². The molecule has 2 heterocycles. The molecule has 0 unspecified atom stereocenters. The van der Waals surface area contributed by atoms with Gasteiger partial charge in [-0.25, -0.2) is 9.29 Å². The Morgan fingerprint density at radius 1 is 0.735 bits per heavy atom. The van der Waals surface area contributed by atoms with Gasteiger partial charge in [0, 0.05) is 31.9 Å². The molecule has 6 heteroatoms. The molecule has 0 bridgehead atoms. The van der Waals surface area contributed by atoms with E-state index in [1.54, 1.807) is 12.1 Å². The summed E-state index contributed by atoms with van der Waals surface area (Å²) in [6.45, 7) is 6.55. The molecule has 34 heavy (non-hydrogen) atoms. The van der Waals surface area contributed by atoms with Crippen LogP contribution in [0.1, 0.15) is 16.7 Å². The number of nitrogens with zero attached hydrogens (tertiary/aromatic N) is 3. The van der Waals surface area contributed by atoms with Crippen molar-refractivity contribution < 1.29 is 14.0 Å². The zero-order valence-electron chi connectivity index (χ0n) is 19.3. The number of aryl methyl sites for hydroxylation is 2. The van der Waals surface area contributed by atoms with Gasteiger partial charge in [-0.2, -0.15) is 0 Å². The monoisotopic (exact) mass is 455 g/mol. The third-order valence-corrected chi connectivity index (χ3v) is 6.50. The molecule has 0 spiro atoms. The molecule has 2 amide bonds. The Balaban J connectivity index is 1.52. The van der Waals surface area contributed by atoms with Crippen LogP contribution in [0, 0.1) is 19.7 Å². The van der Waals surface area contributed by atoms with E-state index in [9.17, 15) is 14.0 Å². The number of piperazine rings is 1. The second-order valence-electron chi connectivity index (χ2n) is 8.78. The van der Waals surface area contributed by atoms with Gasteiger partial charge in [-0.1, -0.05) is 48.0 Å². The van der Waals surface area contributed by atoms with Crippen molar-refractivity contribution in [3.05, 3.63) is 101 Å². The maximum absolute atomic E-state index is 13.8. The van der Waals surface area contributed by atoms with Crippen LogP contribution in [-0.2, 0) is 9.59 Å². The first-order chi connectivity index (χ1) is 16.4. The topological polar surface area (TPSA) is 43.9 Å². The van der Waals surface area contributed by atoms with Gasteiger partial charge in [0.15, 0.2) is 0 Å². The Morgan fingerprint density at radius 3 is 2.03 bits per heavy atom. The van der Waals surface area contributed by atoms with Crippen LogP contribution in [-0.4, -0.2) is 42.9 Å². The first-order valence-corrected chi connectivity index (χ1v) is 11.5. The van der Waals surface area contributed by atoms with Gasteiger partial charge in [-0.15, -0.1) is 0 Å². The third-order valence-electron chi connectivity index (χ3n) is 6.50. The normalized spacial score (nSPS) is 16.6. The summed E-state index contributed by atoms with van der Waals surface area (Å²) < 4.78 is 13.6. The molecule has 172 valence electrons. The van der Waals surface area contributed by atoms with E-state index < -0.39 is 0 Å². The number of para-hydroxylation sites is 1. The SMILES string of the molecule is Cc1ccc(N2C(=O)C(c3ccc(F)cc3)=C(N3CCN(c4ccccc4)CC3)C2=O)c(C)c1. The van der Waals surface area contributed by atoms with E-state index in [1.165, 1.54) is 17.0 Å². The van der Waals surface area contributed by atoms with Gasteiger partial charge in [-0.05, 0) is 55.3 Å². The summed E-state index contributed by atoms with van der Waals surface area (Å²) in [4.78, 5) is 33.0. The fourth-order valence-electron chi connectivity index (χ4n) is 4.79. The summed E-state index contributed by atoms with van der Waals surface area (Å²) in [7, 11) is 0. The van der Waals surface area contributed by atoms with Crippen molar-refractivity contribution in [1.29, 1.82) is 0 Å². The largest absolute Gasteiger partial charge is 0.368 e. The number of hydrogen-bond donors (Lipinski definition) is 0. The van der Waals surface area contributed by atoms with Crippen molar-refractivity contribution in [3.63, 3.8) is 0 Å². The molecule has 3 aromatic rings. The number of carbonyl (C=O) groups excluding carboxylic acids is 2. The number of hydrogen-bond acceptors (Lipinski definition) is 4. The van der Waals surface area contributed by atoms with Crippen molar-refractivity contribution in [2.45, 2.75) is 13.8 Å². The van der Waals surface area contributed by atoms with Gasteiger partial charge in [0.05, 0.1) is 11.3 Å². The standard InChI is InChI=1S/C28H26FN3O2/c1-19-8-13-24(20(2)18-19)32-27(33)25(21-9-11-22(29)12-10-21)26(28(32)34)31-16-14-30(15-17-31)23-6-4-3-5-7-23/h3-13,18H,14-17H2,1-2H3. The van der Waals surface area contributed by atoms with Crippen molar-refractivity contribution in [2.75, 3.05) is 36.0 Å². The van der Waals surface area contributed by atoms with E-state index in [1.807, 2.05) is 55.1 Å². The summed E-state index contributed by atoms with van der Waals surface area (Å²) in [5.41, 5.74) is 4.91. The average molecular weight is 456 g/mol. The molecule has 0 saturated carbocycles. The van der Waals surface area contributed by atoms with Crippen LogP contribution in [0.4, 0.5) is 15.8 Å². The van der Waals surface area contributed by atoms with Crippen LogP contribution in [0.3, 0.4) is 0 Å². The van der Waals surface area contributed by atoms with Crippen LogP contribution in [0.25, 0.3) is 5.57 Å². The Bertz CT molecular complexity index is 1280. The maximum Gasteiger partial charge on any atom is 0.282 e. The number of imide groups is 1. The molecule has 0 aliphatic carbocycles. The average Bonchev–Trinajstić information content (AvgIpc) is 3.10. The zero-order valence-corrected chi connectivity index (χ0v) is 19.3. The van der Waals surface area contributed by atoms with Crippen molar-refractivity contribution in [3.8, 4) is 0 Å². The molecule has 1 fully saturated rings. The molecule has 0 N–H and O–H groups in total. The lowest BCUT2D eigenvalue weighted by Gasteiger charge is -2.37. The summed E-state index contributed by atoms with van der Waals surface area (Å²) in [5.74, 6) is -1.08. The van der Waals surface area contributed by atoms with Crippen LogP contribution >= 0.6 is 0 Å². The summed E-state index contributed by atoms with van der Waals surface area (Å²) >= 11 is 0. The zero-order chi connectivity index (χ0) is 23.8. The molecule has 0 aromatic heterocycles. The maximum atomic E-state index is 13.8. The Morgan fingerprint density at radius 2 is 1.38 bits per heavy atom. The number of halogens is 1. The second kappa shape index (κ2) is 8.78. The summed E-state index contributed by atoms with van der Waals surface area (Å²) in [6.07, 6.45) is 0. The number of rotatable bonds is 4. The molecule has 1 saturated heterocycles. The highest BCUT2D eigenvalue weighted by Crippen LogP contribution is 2.37. The highest BCUT2D eigenvalue weighted by molar-refractivity contribution is 6.45. The summed E-state index contributed by atoms with van der Waals surface area (Å²) in [6, 6.07) is 21.6. The lowest BCUT2D eigenvalue weighted by atomic mass is 10.0. The minimum absolute atomic E-state index is 0.329. The van der Waals surface area contributed by atoms with Gasteiger partial charge < -0.3 is 9.80 Å². The Labute approximate surface area is 198 Å². The molecule has 2 aliphatic heterocycles. The number of amides is 2. The Kier molecular flexibility index (Phi) is 5.65. The molecule has 5 rings (SSSR count). The molecular weight excluding hydrogens is 429 g/mol. The van der Waals surface area contributed by atoms with Crippen molar-refractivity contribution in [1.82, 2.24) is 4.90 Å². The number of anilines is 2. The van der Waals surface area contributed by atoms with E-state index in [0.29, 0.717) is 35.6 Å². The lowest BCUT2D eigenvalue weighted by Crippen LogP contribution is -2.47. The fraction of sp³-hybridized carbons (Fsp3) is 0.214. The predicted octanol–water partition coefficient (Wildman–Crippen LogP) is 4.55. The molecule has 3 aromatic carbocycles.